The lowest BCUT2D eigenvalue weighted by molar-refractivity contribution is -0.137. The molecule has 1 atom stereocenters. The average molecular weight is 308 g/mol. The molecule has 0 aromatic heterocycles. The molecule has 20 heavy (non-hydrogen) atoms. The van der Waals surface area contributed by atoms with Crippen LogP contribution < -0.4 is 0 Å². The SMILES string of the molecule is COC(=O)C(C(=O)OC)=S(c1ccccc1)C(F)(F)F. The number of benzene rings is 1. The molecule has 1 aromatic carbocycles. The summed E-state index contributed by atoms with van der Waals surface area (Å²) >= 11 is 0. The molecule has 110 valence electrons. The Morgan fingerprint density at radius 3 is 1.80 bits per heavy atom. The summed E-state index contributed by atoms with van der Waals surface area (Å²) in [6.07, 6.45) is 0. The van der Waals surface area contributed by atoms with Crippen molar-refractivity contribution in [2.24, 2.45) is 0 Å². The Bertz CT molecular complexity index is 519. The molecule has 0 heterocycles. The third-order valence-electron chi connectivity index (χ3n) is 2.16. The predicted molar refractivity (Wildman–Crippen MR) is 67.4 cm³/mol. The fraction of sp³-hybridized carbons (Fsp3) is 0.250. The number of rotatable bonds is 3. The summed E-state index contributed by atoms with van der Waals surface area (Å²) in [6.45, 7) is 0. The topological polar surface area (TPSA) is 52.6 Å². The Hall–Kier alpha value is -1.83. The van der Waals surface area contributed by atoms with E-state index in [2.05, 4.69) is 9.47 Å². The van der Waals surface area contributed by atoms with Gasteiger partial charge in [-0.25, -0.2) is 9.59 Å². The van der Waals surface area contributed by atoms with E-state index in [0.29, 0.717) is 0 Å². The lowest BCUT2D eigenvalue weighted by Crippen LogP contribution is -2.29. The van der Waals surface area contributed by atoms with Crippen LogP contribution in [0, 0.1) is 0 Å². The van der Waals surface area contributed by atoms with Crippen molar-refractivity contribution in [3.63, 3.8) is 0 Å². The zero-order chi connectivity index (χ0) is 15.3. The minimum Gasteiger partial charge on any atom is -0.465 e. The van der Waals surface area contributed by atoms with Gasteiger partial charge in [-0.1, -0.05) is 18.2 Å². The van der Waals surface area contributed by atoms with E-state index >= 15 is 0 Å². The molecular formula is C12H11F3O4S. The molecule has 0 fully saturated rings. The van der Waals surface area contributed by atoms with E-state index in [1.165, 1.54) is 30.3 Å². The molecule has 1 rings (SSSR count). The van der Waals surface area contributed by atoms with Gasteiger partial charge in [0, 0.05) is 4.90 Å². The van der Waals surface area contributed by atoms with Gasteiger partial charge in [0.15, 0.2) is 4.86 Å². The first-order valence-corrected chi connectivity index (χ1v) is 6.45. The molecule has 0 spiro atoms. The number of hydrogen-bond acceptors (Lipinski definition) is 4. The lowest BCUT2D eigenvalue weighted by Gasteiger charge is -2.16. The smallest absolute Gasteiger partial charge is 0.442 e. The second kappa shape index (κ2) is 6.56. The summed E-state index contributed by atoms with van der Waals surface area (Å²) < 4.78 is 48.2. The van der Waals surface area contributed by atoms with Gasteiger partial charge in [0.2, 0.25) is 0 Å². The van der Waals surface area contributed by atoms with E-state index in [1.54, 1.807) is 0 Å². The number of alkyl halides is 3. The first-order chi connectivity index (χ1) is 9.32. The van der Waals surface area contributed by atoms with E-state index in [4.69, 9.17) is 0 Å². The second-order valence-electron chi connectivity index (χ2n) is 3.38. The molecule has 0 saturated heterocycles. The molecule has 0 aliphatic rings. The number of carbonyl (C=O) groups excluding carboxylic acids is 2. The van der Waals surface area contributed by atoms with Gasteiger partial charge in [0.1, 0.15) is 0 Å². The lowest BCUT2D eigenvalue weighted by atomic mass is 10.4. The number of ether oxygens (including phenoxy) is 2. The molecule has 0 aliphatic heterocycles. The summed E-state index contributed by atoms with van der Waals surface area (Å²) in [4.78, 5) is 21.7. The monoisotopic (exact) mass is 308 g/mol. The summed E-state index contributed by atoms with van der Waals surface area (Å²) in [6, 6.07) is 6.66. The van der Waals surface area contributed by atoms with Crippen LogP contribution in [-0.2, 0) is 19.1 Å². The molecule has 1 unspecified atom stereocenters. The summed E-state index contributed by atoms with van der Waals surface area (Å²) in [5.41, 5.74) is -4.81. The van der Waals surface area contributed by atoms with Gasteiger partial charge in [-0.15, -0.1) is 0 Å². The first kappa shape index (κ1) is 16.2. The summed E-state index contributed by atoms with van der Waals surface area (Å²) in [5.74, 6) is -2.72. The number of hydrogen-bond donors (Lipinski definition) is 0. The molecule has 0 radical (unpaired) electrons. The Kier molecular flexibility index (Phi) is 5.32. The molecule has 0 saturated carbocycles. The highest BCUT2D eigenvalue weighted by Gasteiger charge is 2.41. The minimum absolute atomic E-state index is 0.217. The van der Waals surface area contributed by atoms with E-state index in [9.17, 15) is 22.8 Å². The molecule has 8 heteroatoms. The van der Waals surface area contributed by atoms with Crippen molar-refractivity contribution in [2.45, 2.75) is 10.4 Å². The Balaban J connectivity index is 3.64. The van der Waals surface area contributed by atoms with Gasteiger partial charge in [-0.05, 0) is 22.6 Å². The summed E-state index contributed by atoms with van der Waals surface area (Å²) in [5, 5.41) is 0. The standard InChI is InChI=1S/C12H11F3O4S/c1-18-10(16)9(11(17)19-2)20(12(13,14)15)8-6-4-3-5-7-8/h3-7H,1-2H3. The van der Waals surface area contributed by atoms with Crippen molar-refractivity contribution in [3.05, 3.63) is 30.3 Å². The fourth-order valence-electron chi connectivity index (χ4n) is 1.36. The van der Waals surface area contributed by atoms with Gasteiger partial charge < -0.3 is 9.47 Å². The van der Waals surface area contributed by atoms with Crippen molar-refractivity contribution in [1.29, 1.82) is 0 Å². The molecule has 0 bridgehead atoms. The molecule has 0 aliphatic carbocycles. The van der Waals surface area contributed by atoms with Crippen LogP contribution >= 0.6 is 10.5 Å². The highest BCUT2D eigenvalue weighted by molar-refractivity contribution is 8.18. The molecular weight excluding hydrogens is 297 g/mol. The van der Waals surface area contributed by atoms with Gasteiger partial charge in [-0.2, -0.15) is 13.2 Å². The van der Waals surface area contributed by atoms with Crippen LogP contribution in [0.2, 0.25) is 0 Å². The van der Waals surface area contributed by atoms with Crippen molar-refractivity contribution in [2.75, 3.05) is 14.2 Å². The maximum Gasteiger partial charge on any atom is 0.442 e. The molecule has 4 nitrogen and oxygen atoms in total. The van der Waals surface area contributed by atoms with Crippen LogP contribution in [0.1, 0.15) is 0 Å². The minimum atomic E-state index is -4.81. The Labute approximate surface area is 115 Å². The number of halogens is 3. The van der Waals surface area contributed by atoms with Crippen LogP contribution in [0.25, 0.3) is 0 Å². The summed E-state index contributed by atoms with van der Waals surface area (Å²) in [7, 11) is -0.941. The van der Waals surface area contributed by atoms with Crippen LogP contribution in [0.3, 0.4) is 0 Å². The van der Waals surface area contributed by atoms with Crippen molar-refractivity contribution < 1.29 is 32.2 Å². The normalized spacial score (nSPS) is 12.4. The van der Waals surface area contributed by atoms with E-state index in [-0.39, 0.29) is 4.90 Å². The third kappa shape index (κ3) is 3.60. The Morgan fingerprint density at radius 2 is 1.45 bits per heavy atom. The molecule has 0 N–H and O–H groups in total. The second-order valence-corrected chi connectivity index (χ2v) is 5.33. The van der Waals surface area contributed by atoms with Crippen LogP contribution in [-0.4, -0.2) is 36.5 Å². The highest BCUT2D eigenvalue weighted by Crippen LogP contribution is 2.45. The maximum atomic E-state index is 13.2. The third-order valence-corrected chi connectivity index (χ3v) is 4.10. The maximum absolute atomic E-state index is 13.2. The number of carbonyl (C=O) groups is 2. The van der Waals surface area contributed by atoms with Gasteiger partial charge in [-0.3, -0.25) is 0 Å². The van der Waals surface area contributed by atoms with Crippen molar-refractivity contribution in [1.82, 2.24) is 0 Å². The average Bonchev–Trinajstić information content (AvgIpc) is 2.42. The largest absolute Gasteiger partial charge is 0.465 e. The van der Waals surface area contributed by atoms with Crippen LogP contribution in [0.5, 0.6) is 0 Å². The quantitative estimate of drug-likeness (QED) is 0.489. The van der Waals surface area contributed by atoms with Crippen LogP contribution in [0.15, 0.2) is 35.2 Å². The predicted octanol–water partition coefficient (Wildman–Crippen LogP) is 2.35. The zero-order valence-electron chi connectivity index (χ0n) is 10.6. The van der Waals surface area contributed by atoms with Crippen LogP contribution in [0.4, 0.5) is 13.2 Å². The van der Waals surface area contributed by atoms with E-state index < -0.39 is 32.8 Å². The molecule has 1 aromatic rings. The highest BCUT2D eigenvalue weighted by atomic mass is 32.2. The van der Waals surface area contributed by atoms with Gasteiger partial charge >= 0.3 is 17.4 Å². The van der Waals surface area contributed by atoms with Crippen molar-refractivity contribution in [3.8, 4) is 0 Å². The first-order valence-electron chi connectivity index (χ1n) is 5.22. The Morgan fingerprint density at radius 1 is 1.00 bits per heavy atom. The van der Waals surface area contributed by atoms with E-state index in [0.717, 1.165) is 14.2 Å². The fourth-order valence-corrected chi connectivity index (χ4v) is 3.02. The van der Waals surface area contributed by atoms with Gasteiger partial charge in [0.05, 0.1) is 14.2 Å². The van der Waals surface area contributed by atoms with Gasteiger partial charge in [0.25, 0.3) is 0 Å². The van der Waals surface area contributed by atoms with E-state index in [1.807, 2.05) is 0 Å². The van der Waals surface area contributed by atoms with Crippen molar-refractivity contribution >= 4 is 27.3 Å². The molecule has 0 amide bonds. The zero-order valence-corrected chi connectivity index (χ0v) is 11.4. The number of esters is 2. The number of methoxy groups -OCH3 is 2.